The molecule has 1 fully saturated rings. The minimum Gasteiger partial charge on any atom is -0.337 e. The van der Waals surface area contributed by atoms with Crippen LogP contribution in [0.1, 0.15) is 41.4 Å². The molecular weight excluding hydrogens is 402 g/mol. The van der Waals surface area contributed by atoms with Crippen molar-refractivity contribution in [3.63, 3.8) is 0 Å². The summed E-state index contributed by atoms with van der Waals surface area (Å²) in [5, 5.41) is 9.26. The highest BCUT2D eigenvalue weighted by Crippen LogP contribution is 2.29. The third-order valence-corrected chi connectivity index (χ3v) is 6.10. The Morgan fingerprint density at radius 3 is 2.78 bits per heavy atom. The van der Waals surface area contributed by atoms with E-state index in [1.54, 1.807) is 6.20 Å². The number of para-hydroxylation sites is 1. The number of amides is 1. The molecule has 4 heterocycles. The maximum absolute atomic E-state index is 12.8. The van der Waals surface area contributed by atoms with Gasteiger partial charge in [-0.1, -0.05) is 25.1 Å². The van der Waals surface area contributed by atoms with Gasteiger partial charge in [0.1, 0.15) is 11.4 Å². The first-order valence-corrected chi connectivity index (χ1v) is 11.1. The standard InChI is InChI=1S/C24H27N7O/c1-3-25-12-17-13-26-15-21(16(17)2)31-20-9-5-4-8-18(20)22(29-31)23-27-14-19(28-23)24(32)30-10-6-7-11-30/h4-5,8-9,13-15,25H,3,6-7,10-12H2,1-2H3,(H,27,28). The first kappa shape index (κ1) is 20.4. The number of aromatic amines is 1. The van der Waals surface area contributed by atoms with Crippen LogP contribution in [0.5, 0.6) is 0 Å². The van der Waals surface area contributed by atoms with Gasteiger partial charge in [-0.15, -0.1) is 0 Å². The summed E-state index contributed by atoms with van der Waals surface area (Å²) in [6.45, 7) is 7.46. The Labute approximate surface area is 186 Å². The highest BCUT2D eigenvalue weighted by atomic mass is 16.2. The highest BCUT2D eigenvalue weighted by molar-refractivity contribution is 5.95. The van der Waals surface area contributed by atoms with Crippen LogP contribution in [0.25, 0.3) is 28.1 Å². The number of carbonyl (C=O) groups is 1. The molecule has 1 aliphatic heterocycles. The van der Waals surface area contributed by atoms with Gasteiger partial charge in [-0.05, 0) is 43.5 Å². The minimum absolute atomic E-state index is 0.00107. The van der Waals surface area contributed by atoms with Gasteiger partial charge in [-0.2, -0.15) is 5.10 Å². The molecule has 3 aromatic heterocycles. The number of aromatic nitrogens is 5. The van der Waals surface area contributed by atoms with Crippen molar-refractivity contribution >= 4 is 16.8 Å². The number of rotatable bonds is 6. The molecule has 1 aliphatic rings. The zero-order valence-corrected chi connectivity index (χ0v) is 18.4. The molecular formula is C24H27N7O. The van der Waals surface area contributed by atoms with Gasteiger partial charge >= 0.3 is 0 Å². The lowest BCUT2D eigenvalue weighted by Crippen LogP contribution is -2.27. The van der Waals surface area contributed by atoms with Crippen molar-refractivity contribution in [2.45, 2.75) is 33.2 Å². The molecule has 2 N–H and O–H groups in total. The highest BCUT2D eigenvalue weighted by Gasteiger charge is 2.23. The van der Waals surface area contributed by atoms with Gasteiger partial charge in [0.2, 0.25) is 0 Å². The van der Waals surface area contributed by atoms with Gasteiger partial charge in [0.25, 0.3) is 5.91 Å². The fourth-order valence-corrected chi connectivity index (χ4v) is 4.27. The van der Waals surface area contributed by atoms with E-state index in [1.165, 1.54) is 0 Å². The third kappa shape index (κ3) is 3.56. The van der Waals surface area contributed by atoms with Crippen LogP contribution in [-0.4, -0.2) is 55.2 Å². The molecule has 1 saturated heterocycles. The number of nitrogens with zero attached hydrogens (tertiary/aromatic N) is 5. The molecule has 0 saturated carbocycles. The van der Waals surface area contributed by atoms with Crippen molar-refractivity contribution < 1.29 is 4.79 Å². The predicted molar refractivity (Wildman–Crippen MR) is 124 cm³/mol. The van der Waals surface area contributed by atoms with Crippen LogP contribution in [0, 0.1) is 6.92 Å². The average Bonchev–Trinajstić information content (AvgIpc) is 3.58. The maximum atomic E-state index is 12.8. The zero-order valence-electron chi connectivity index (χ0n) is 18.4. The molecule has 5 rings (SSSR count). The normalized spacial score (nSPS) is 13.9. The van der Waals surface area contributed by atoms with Crippen LogP contribution in [0.3, 0.4) is 0 Å². The maximum Gasteiger partial charge on any atom is 0.271 e. The lowest BCUT2D eigenvalue weighted by Gasteiger charge is -2.13. The molecule has 0 aliphatic carbocycles. The van der Waals surface area contributed by atoms with Crippen LogP contribution in [0.2, 0.25) is 0 Å². The fourth-order valence-electron chi connectivity index (χ4n) is 4.27. The van der Waals surface area contributed by atoms with E-state index < -0.39 is 0 Å². The number of likely N-dealkylation sites (tertiary alicyclic amines) is 1. The predicted octanol–water partition coefficient (Wildman–Crippen LogP) is 3.46. The number of carbonyl (C=O) groups excluding carboxylic acids is 1. The monoisotopic (exact) mass is 429 g/mol. The van der Waals surface area contributed by atoms with Crippen molar-refractivity contribution in [1.29, 1.82) is 0 Å². The van der Waals surface area contributed by atoms with Crippen molar-refractivity contribution in [3.05, 3.63) is 59.7 Å². The van der Waals surface area contributed by atoms with Crippen LogP contribution in [0.4, 0.5) is 0 Å². The number of pyridine rings is 1. The minimum atomic E-state index is 0.00107. The molecule has 0 unspecified atom stereocenters. The third-order valence-electron chi connectivity index (χ3n) is 6.10. The van der Waals surface area contributed by atoms with Gasteiger partial charge in [0.15, 0.2) is 5.82 Å². The Bertz CT molecular complexity index is 1270. The number of nitrogens with one attached hydrogen (secondary N) is 2. The topological polar surface area (TPSA) is 91.7 Å². The van der Waals surface area contributed by atoms with Crippen molar-refractivity contribution in [2.75, 3.05) is 19.6 Å². The summed E-state index contributed by atoms with van der Waals surface area (Å²) in [5.74, 6) is 0.595. The van der Waals surface area contributed by atoms with E-state index in [9.17, 15) is 4.79 Å². The first-order valence-electron chi connectivity index (χ1n) is 11.1. The first-order chi connectivity index (χ1) is 15.7. The Morgan fingerprint density at radius 1 is 1.16 bits per heavy atom. The molecule has 1 aromatic carbocycles. The molecule has 0 radical (unpaired) electrons. The molecule has 8 heteroatoms. The van der Waals surface area contributed by atoms with Gasteiger partial charge in [-0.25, -0.2) is 9.67 Å². The molecule has 4 aromatic rings. The zero-order chi connectivity index (χ0) is 22.1. The largest absolute Gasteiger partial charge is 0.337 e. The second-order valence-corrected chi connectivity index (χ2v) is 8.15. The lowest BCUT2D eigenvalue weighted by atomic mass is 10.1. The lowest BCUT2D eigenvalue weighted by molar-refractivity contribution is 0.0787. The average molecular weight is 430 g/mol. The van der Waals surface area contributed by atoms with Gasteiger partial charge in [0.05, 0.1) is 23.6 Å². The summed E-state index contributed by atoms with van der Waals surface area (Å²) in [6.07, 6.45) is 7.48. The van der Waals surface area contributed by atoms with E-state index in [1.807, 2.05) is 46.2 Å². The van der Waals surface area contributed by atoms with Gasteiger partial charge in [0, 0.05) is 31.2 Å². The second kappa shape index (κ2) is 8.55. The molecule has 0 spiro atoms. The second-order valence-electron chi connectivity index (χ2n) is 8.15. The molecule has 0 atom stereocenters. The number of hydrogen-bond acceptors (Lipinski definition) is 5. The summed E-state index contributed by atoms with van der Waals surface area (Å²) in [4.78, 5) is 26.8. The van der Waals surface area contributed by atoms with E-state index >= 15 is 0 Å². The summed E-state index contributed by atoms with van der Waals surface area (Å²) in [7, 11) is 0. The summed E-state index contributed by atoms with van der Waals surface area (Å²) >= 11 is 0. The summed E-state index contributed by atoms with van der Waals surface area (Å²) in [5.41, 5.74) is 5.40. The molecule has 1 amide bonds. The van der Waals surface area contributed by atoms with E-state index in [0.29, 0.717) is 11.5 Å². The van der Waals surface area contributed by atoms with Crippen molar-refractivity contribution in [3.8, 4) is 17.2 Å². The Kier molecular flexibility index (Phi) is 5.45. The Balaban J connectivity index is 1.57. The van der Waals surface area contributed by atoms with E-state index in [2.05, 4.69) is 34.1 Å². The van der Waals surface area contributed by atoms with E-state index in [0.717, 1.165) is 72.4 Å². The SMILES string of the molecule is CCNCc1cncc(-n2nc(-c3ncc(C(=O)N4CCCC4)[nH]3)c3ccccc32)c1C. The quantitative estimate of drug-likeness (QED) is 0.490. The smallest absolute Gasteiger partial charge is 0.271 e. The van der Waals surface area contributed by atoms with E-state index in [-0.39, 0.29) is 5.91 Å². The van der Waals surface area contributed by atoms with Crippen LogP contribution in [-0.2, 0) is 6.54 Å². The molecule has 32 heavy (non-hydrogen) atoms. The molecule has 0 bridgehead atoms. The number of imidazole rings is 1. The summed E-state index contributed by atoms with van der Waals surface area (Å²) in [6, 6.07) is 8.06. The number of H-pyrrole nitrogens is 1. The van der Waals surface area contributed by atoms with Gasteiger partial charge in [-0.3, -0.25) is 9.78 Å². The fraction of sp³-hybridized carbons (Fsp3) is 0.333. The summed E-state index contributed by atoms with van der Waals surface area (Å²) < 4.78 is 1.92. The molecule has 8 nitrogen and oxygen atoms in total. The number of fused-ring (bicyclic) bond motifs is 1. The van der Waals surface area contributed by atoms with Crippen LogP contribution < -0.4 is 5.32 Å². The molecule has 164 valence electrons. The Hall–Kier alpha value is -3.52. The Morgan fingerprint density at radius 2 is 1.97 bits per heavy atom. The van der Waals surface area contributed by atoms with E-state index in [4.69, 9.17) is 5.10 Å². The van der Waals surface area contributed by atoms with Crippen molar-refractivity contribution in [2.24, 2.45) is 0 Å². The van der Waals surface area contributed by atoms with Gasteiger partial charge < -0.3 is 15.2 Å². The number of benzene rings is 1. The van der Waals surface area contributed by atoms with Crippen molar-refractivity contribution in [1.82, 2.24) is 34.9 Å². The van der Waals surface area contributed by atoms with Crippen LogP contribution in [0.15, 0.2) is 42.9 Å². The van der Waals surface area contributed by atoms with Crippen LogP contribution >= 0.6 is 0 Å². The number of hydrogen-bond donors (Lipinski definition) is 2.